The largest absolute Gasteiger partial charge is 0.497 e. The Bertz CT molecular complexity index is 1020. The van der Waals surface area contributed by atoms with Crippen LogP contribution in [0.15, 0.2) is 53.4 Å². The van der Waals surface area contributed by atoms with E-state index in [0.29, 0.717) is 11.3 Å². The highest BCUT2D eigenvalue weighted by Gasteiger charge is 2.77. The zero-order valence-electron chi connectivity index (χ0n) is 15.9. The first-order chi connectivity index (χ1) is 13.3. The first-order valence-electron chi connectivity index (χ1n) is 8.86. The normalized spacial score (nSPS) is 23.5. The monoisotopic (exact) mass is 399 g/mol. The van der Waals surface area contributed by atoms with E-state index in [2.05, 4.69) is 0 Å². The minimum Gasteiger partial charge on any atom is -0.497 e. The standard InChI is InChI=1S/C21H21NO5S/c1-4-27-20(23)21(13-22)18(15-7-9-16(26-3)10-8-15)19(21)28(24,25)17-11-5-14(2)6-12-17/h5-12,18-19H,4H2,1-3H3/t18-,19-,21-/m0/s1. The summed E-state index contributed by atoms with van der Waals surface area (Å²) in [6, 6.07) is 15.1. The molecule has 1 aliphatic rings. The summed E-state index contributed by atoms with van der Waals surface area (Å²) in [5.74, 6) is -1.02. The molecule has 0 heterocycles. The van der Waals surface area contributed by atoms with Crippen molar-refractivity contribution in [3.8, 4) is 11.8 Å². The number of carbonyl (C=O) groups excluding carboxylic acids is 1. The fraction of sp³-hybridized carbons (Fsp3) is 0.333. The summed E-state index contributed by atoms with van der Waals surface area (Å²) in [6.45, 7) is 3.54. The molecule has 0 spiro atoms. The van der Waals surface area contributed by atoms with Gasteiger partial charge in [-0.25, -0.2) is 8.42 Å². The molecule has 2 aromatic rings. The third-order valence-electron chi connectivity index (χ3n) is 5.09. The molecule has 28 heavy (non-hydrogen) atoms. The molecule has 2 aromatic carbocycles. The van der Waals surface area contributed by atoms with Crippen LogP contribution in [0.1, 0.15) is 24.0 Å². The van der Waals surface area contributed by atoms with Gasteiger partial charge in [0.1, 0.15) is 11.0 Å². The second kappa shape index (κ2) is 7.28. The molecule has 0 radical (unpaired) electrons. The average Bonchev–Trinajstić information content (AvgIpc) is 3.40. The second-order valence-corrected chi connectivity index (χ2v) is 8.80. The predicted molar refractivity (Wildman–Crippen MR) is 103 cm³/mol. The Hall–Kier alpha value is -2.85. The number of methoxy groups -OCH3 is 1. The number of sulfone groups is 1. The highest BCUT2D eigenvalue weighted by atomic mass is 32.2. The van der Waals surface area contributed by atoms with Gasteiger partial charge < -0.3 is 9.47 Å². The SMILES string of the molecule is CCOC(=O)[C@@]1(C#N)[C@@H](c2ccc(OC)cc2)[C@@H]1S(=O)(=O)c1ccc(C)cc1. The van der Waals surface area contributed by atoms with Gasteiger partial charge in [0.15, 0.2) is 15.3 Å². The topological polar surface area (TPSA) is 93.5 Å². The smallest absolute Gasteiger partial charge is 0.328 e. The van der Waals surface area contributed by atoms with Crippen LogP contribution >= 0.6 is 0 Å². The summed E-state index contributed by atoms with van der Waals surface area (Å²) in [5.41, 5.74) is -0.275. The van der Waals surface area contributed by atoms with Crippen LogP contribution in [0.5, 0.6) is 5.75 Å². The lowest BCUT2D eigenvalue weighted by molar-refractivity contribution is -0.147. The highest BCUT2D eigenvalue weighted by molar-refractivity contribution is 7.92. The lowest BCUT2D eigenvalue weighted by Gasteiger charge is -2.09. The van der Waals surface area contributed by atoms with E-state index in [9.17, 15) is 18.5 Å². The number of nitriles is 1. The molecule has 6 nitrogen and oxygen atoms in total. The molecule has 0 N–H and O–H groups in total. The van der Waals surface area contributed by atoms with Crippen molar-refractivity contribution >= 4 is 15.8 Å². The van der Waals surface area contributed by atoms with E-state index in [1.807, 2.05) is 13.0 Å². The summed E-state index contributed by atoms with van der Waals surface area (Å²) in [7, 11) is -2.41. The van der Waals surface area contributed by atoms with Gasteiger partial charge in [0.2, 0.25) is 0 Å². The van der Waals surface area contributed by atoms with Crippen molar-refractivity contribution in [2.45, 2.75) is 29.9 Å². The number of nitrogens with zero attached hydrogens (tertiary/aromatic N) is 1. The first-order valence-corrected chi connectivity index (χ1v) is 10.4. The Morgan fingerprint density at radius 1 is 1.14 bits per heavy atom. The van der Waals surface area contributed by atoms with Crippen LogP contribution in [0, 0.1) is 23.7 Å². The van der Waals surface area contributed by atoms with Gasteiger partial charge in [-0.15, -0.1) is 0 Å². The third-order valence-corrected chi connectivity index (χ3v) is 7.33. The Kier molecular flexibility index (Phi) is 5.18. The summed E-state index contributed by atoms with van der Waals surface area (Å²) in [6.07, 6.45) is 0. The molecule has 1 saturated carbocycles. The van der Waals surface area contributed by atoms with Crippen LogP contribution in [0.25, 0.3) is 0 Å². The molecule has 1 fully saturated rings. The number of rotatable bonds is 6. The molecule has 1 aliphatic carbocycles. The van der Waals surface area contributed by atoms with E-state index >= 15 is 0 Å². The van der Waals surface area contributed by atoms with E-state index in [4.69, 9.17) is 9.47 Å². The van der Waals surface area contributed by atoms with Crippen LogP contribution in [-0.2, 0) is 19.4 Å². The zero-order chi connectivity index (χ0) is 20.5. The van der Waals surface area contributed by atoms with Crippen molar-refractivity contribution in [3.63, 3.8) is 0 Å². The van der Waals surface area contributed by atoms with E-state index in [1.165, 1.54) is 19.2 Å². The molecule has 146 valence electrons. The van der Waals surface area contributed by atoms with Crippen LogP contribution in [0.3, 0.4) is 0 Å². The Labute approximate surface area is 164 Å². The van der Waals surface area contributed by atoms with Gasteiger partial charge in [-0.1, -0.05) is 29.8 Å². The molecule has 0 bridgehead atoms. The van der Waals surface area contributed by atoms with Gasteiger partial charge in [0.25, 0.3) is 0 Å². The minimum atomic E-state index is -3.93. The quantitative estimate of drug-likeness (QED) is 0.693. The molecule has 0 aromatic heterocycles. The van der Waals surface area contributed by atoms with Gasteiger partial charge in [0, 0.05) is 5.92 Å². The van der Waals surface area contributed by atoms with Crippen LogP contribution in [-0.4, -0.2) is 33.4 Å². The Morgan fingerprint density at radius 2 is 1.75 bits per heavy atom. The highest BCUT2D eigenvalue weighted by Crippen LogP contribution is 2.64. The van der Waals surface area contributed by atoms with Gasteiger partial charge >= 0.3 is 5.97 Å². The lowest BCUT2D eigenvalue weighted by atomic mass is 10.0. The van der Waals surface area contributed by atoms with Crippen molar-refractivity contribution < 1.29 is 22.7 Å². The predicted octanol–water partition coefficient (Wildman–Crippen LogP) is 3.02. The summed E-state index contributed by atoms with van der Waals surface area (Å²) in [5, 5.41) is 8.66. The maximum absolute atomic E-state index is 13.3. The van der Waals surface area contributed by atoms with Crippen molar-refractivity contribution in [2.75, 3.05) is 13.7 Å². The Balaban J connectivity index is 2.11. The van der Waals surface area contributed by atoms with E-state index in [1.54, 1.807) is 43.3 Å². The number of hydrogen-bond acceptors (Lipinski definition) is 6. The number of carbonyl (C=O) groups is 1. The second-order valence-electron chi connectivity index (χ2n) is 6.73. The van der Waals surface area contributed by atoms with Gasteiger partial charge in [-0.2, -0.15) is 5.26 Å². The molecule has 0 amide bonds. The number of ether oxygens (including phenoxy) is 2. The first kappa shape index (κ1) is 19.9. The molecule has 3 rings (SSSR count). The van der Waals surface area contributed by atoms with Crippen molar-refractivity contribution in [1.82, 2.24) is 0 Å². The molecule has 3 atom stereocenters. The van der Waals surface area contributed by atoms with E-state index < -0.39 is 32.4 Å². The molecular formula is C21H21NO5S. The molecular weight excluding hydrogens is 378 g/mol. The van der Waals surface area contributed by atoms with Crippen molar-refractivity contribution in [2.24, 2.45) is 5.41 Å². The van der Waals surface area contributed by atoms with E-state index in [-0.39, 0.29) is 11.5 Å². The van der Waals surface area contributed by atoms with Crippen LogP contribution in [0.2, 0.25) is 0 Å². The summed E-state index contributed by atoms with van der Waals surface area (Å²) in [4.78, 5) is 12.8. The maximum Gasteiger partial charge on any atom is 0.328 e. The number of esters is 1. The fourth-order valence-electron chi connectivity index (χ4n) is 3.58. The number of benzene rings is 2. The average molecular weight is 399 g/mol. The van der Waals surface area contributed by atoms with Crippen LogP contribution in [0.4, 0.5) is 0 Å². The van der Waals surface area contributed by atoms with Gasteiger partial charge in [-0.3, -0.25) is 4.79 Å². The third kappa shape index (κ3) is 3.04. The Morgan fingerprint density at radius 3 is 2.25 bits per heavy atom. The van der Waals surface area contributed by atoms with Crippen molar-refractivity contribution in [3.05, 3.63) is 59.7 Å². The van der Waals surface area contributed by atoms with E-state index in [0.717, 1.165) is 5.56 Å². The van der Waals surface area contributed by atoms with Gasteiger partial charge in [0.05, 0.1) is 24.7 Å². The van der Waals surface area contributed by atoms with Gasteiger partial charge in [-0.05, 0) is 43.7 Å². The van der Waals surface area contributed by atoms with Crippen molar-refractivity contribution in [1.29, 1.82) is 5.26 Å². The molecule has 7 heteroatoms. The van der Waals surface area contributed by atoms with Crippen LogP contribution < -0.4 is 4.74 Å². The molecule has 0 saturated heterocycles. The summed E-state index contributed by atoms with van der Waals surface area (Å²) >= 11 is 0. The zero-order valence-corrected chi connectivity index (χ0v) is 16.7. The summed E-state index contributed by atoms with van der Waals surface area (Å²) < 4.78 is 36.8. The molecule has 0 aliphatic heterocycles. The number of aryl methyl sites for hydroxylation is 1. The number of hydrogen-bond donors (Lipinski definition) is 0. The fourth-order valence-corrected chi connectivity index (χ4v) is 5.82. The minimum absolute atomic E-state index is 0.0644. The lowest BCUT2D eigenvalue weighted by Crippen LogP contribution is -2.25. The molecule has 0 unspecified atom stereocenters. The maximum atomic E-state index is 13.3.